The molecule has 1 unspecified atom stereocenters. The summed E-state index contributed by atoms with van der Waals surface area (Å²) in [5, 5.41) is 11.8. The molecule has 0 radical (unpaired) electrons. The van der Waals surface area contributed by atoms with Gasteiger partial charge in [0.1, 0.15) is 5.69 Å². The van der Waals surface area contributed by atoms with Crippen molar-refractivity contribution in [2.45, 2.75) is 30.7 Å². The van der Waals surface area contributed by atoms with Crippen molar-refractivity contribution in [1.82, 2.24) is 0 Å². The van der Waals surface area contributed by atoms with Crippen molar-refractivity contribution in [2.24, 2.45) is 0 Å². The summed E-state index contributed by atoms with van der Waals surface area (Å²) in [5.41, 5.74) is 1.71. The summed E-state index contributed by atoms with van der Waals surface area (Å²) in [6.45, 7) is 1.48. The van der Waals surface area contributed by atoms with Gasteiger partial charge in [-0.2, -0.15) is 0 Å². The molecule has 0 aliphatic carbocycles. The van der Waals surface area contributed by atoms with Crippen LogP contribution in [0, 0.1) is 10.1 Å². The minimum absolute atomic E-state index is 0.153. The van der Waals surface area contributed by atoms with Crippen molar-refractivity contribution >= 4 is 27.3 Å². The highest BCUT2D eigenvalue weighted by Crippen LogP contribution is 2.30. The number of halogens is 1. The molecule has 0 spiro atoms. The standard InChI is InChI=1S/C14H19BrN2O3/c1-16(10-12-4-2-3-7-20-12)13-6-5-11(9-15)8-14(13)17(18)19/h5-6,8,12H,2-4,7,9-10H2,1H3. The Morgan fingerprint density at radius 3 is 2.90 bits per heavy atom. The Bertz CT molecular complexity index is 475. The van der Waals surface area contributed by atoms with E-state index in [1.807, 2.05) is 24.1 Å². The minimum Gasteiger partial charge on any atom is -0.376 e. The molecule has 6 heteroatoms. The first-order valence-electron chi connectivity index (χ1n) is 6.78. The van der Waals surface area contributed by atoms with Crippen LogP contribution in [0.3, 0.4) is 0 Å². The van der Waals surface area contributed by atoms with Crippen LogP contribution in [-0.4, -0.2) is 31.2 Å². The lowest BCUT2D eigenvalue weighted by molar-refractivity contribution is -0.384. The maximum atomic E-state index is 11.2. The van der Waals surface area contributed by atoms with Gasteiger partial charge in [-0.25, -0.2) is 0 Å². The number of anilines is 1. The van der Waals surface area contributed by atoms with Crippen LogP contribution in [-0.2, 0) is 10.1 Å². The quantitative estimate of drug-likeness (QED) is 0.467. The van der Waals surface area contributed by atoms with E-state index >= 15 is 0 Å². The zero-order chi connectivity index (χ0) is 14.5. The normalized spacial score (nSPS) is 18.8. The van der Waals surface area contributed by atoms with E-state index in [2.05, 4.69) is 15.9 Å². The van der Waals surface area contributed by atoms with Crippen LogP contribution in [0.25, 0.3) is 0 Å². The number of ether oxygens (including phenoxy) is 1. The molecule has 1 aliphatic heterocycles. The number of nitrogens with zero attached hydrogens (tertiary/aromatic N) is 2. The largest absolute Gasteiger partial charge is 0.376 e. The van der Waals surface area contributed by atoms with Crippen LogP contribution >= 0.6 is 15.9 Å². The van der Waals surface area contributed by atoms with Crippen LogP contribution < -0.4 is 4.90 Å². The second-order valence-corrected chi connectivity index (χ2v) is 5.64. The summed E-state index contributed by atoms with van der Waals surface area (Å²) in [5.74, 6) is 0. The van der Waals surface area contributed by atoms with Gasteiger partial charge in [-0.15, -0.1) is 0 Å². The van der Waals surface area contributed by atoms with Gasteiger partial charge in [-0.1, -0.05) is 22.0 Å². The number of nitro benzene ring substituents is 1. The van der Waals surface area contributed by atoms with E-state index in [1.165, 1.54) is 6.42 Å². The molecule has 1 heterocycles. The number of likely N-dealkylation sites (N-methyl/N-ethyl adjacent to an activating group) is 1. The van der Waals surface area contributed by atoms with E-state index in [0.717, 1.165) is 25.0 Å². The van der Waals surface area contributed by atoms with Gasteiger partial charge in [-0.3, -0.25) is 10.1 Å². The summed E-state index contributed by atoms with van der Waals surface area (Å²) in [7, 11) is 1.88. The Labute approximate surface area is 127 Å². The zero-order valence-corrected chi connectivity index (χ0v) is 13.1. The highest BCUT2D eigenvalue weighted by Gasteiger charge is 2.21. The Morgan fingerprint density at radius 2 is 2.30 bits per heavy atom. The smallest absolute Gasteiger partial charge is 0.292 e. The summed E-state index contributed by atoms with van der Waals surface area (Å²) >= 11 is 3.33. The van der Waals surface area contributed by atoms with E-state index in [-0.39, 0.29) is 16.7 Å². The molecule has 20 heavy (non-hydrogen) atoms. The molecule has 1 fully saturated rings. The molecule has 1 atom stereocenters. The molecule has 1 aliphatic rings. The molecule has 1 aromatic rings. The molecule has 0 bridgehead atoms. The fraction of sp³-hybridized carbons (Fsp3) is 0.571. The first kappa shape index (κ1) is 15.3. The molecule has 1 saturated heterocycles. The van der Waals surface area contributed by atoms with Gasteiger partial charge in [0.2, 0.25) is 0 Å². The SMILES string of the molecule is CN(CC1CCCCO1)c1ccc(CBr)cc1[N+](=O)[O-]. The van der Waals surface area contributed by atoms with Gasteiger partial charge < -0.3 is 9.64 Å². The molecule has 0 saturated carbocycles. The zero-order valence-electron chi connectivity index (χ0n) is 11.5. The van der Waals surface area contributed by atoms with Crippen molar-refractivity contribution in [3.8, 4) is 0 Å². The predicted molar refractivity (Wildman–Crippen MR) is 82.6 cm³/mol. The van der Waals surface area contributed by atoms with Gasteiger partial charge >= 0.3 is 0 Å². The fourth-order valence-corrected chi connectivity index (χ4v) is 2.83. The fourth-order valence-electron chi connectivity index (χ4n) is 2.48. The van der Waals surface area contributed by atoms with Gasteiger partial charge in [-0.05, 0) is 30.9 Å². The van der Waals surface area contributed by atoms with Crippen LogP contribution in [0.2, 0.25) is 0 Å². The third-order valence-electron chi connectivity index (χ3n) is 3.55. The maximum absolute atomic E-state index is 11.2. The van der Waals surface area contributed by atoms with Crippen LogP contribution in [0.4, 0.5) is 11.4 Å². The van der Waals surface area contributed by atoms with Gasteiger partial charge in [0, 0.05) is 31.6 Å². The van der Waals surface area contributed by atoms with Crippen molar-refractivity contribution in [3.05, 3.63) is 33.9 Å². The van der Waals surface area contributed by atoms with Crippen molar-refractivity contribution < 1.29 is 9.66 Å². The molecule has 5 nitrogen and oxygen atoms in total. The number of hydrogen-bond acceptors (Lipinski definition) is 4. The number of rotatable bonds is 5. The molecule has 0 N–H and O–H groups in total. The van der Waals surface area contributed by atoms with Crippen LogP contribution in [0.15, 0.2) is 18.2 Å². The van der Waals surface area contributed by atoms with E-state index in [9.17, 15) is 10.1 Å². The molecule has 110 valence electrons. The number of hydrogen-bond donors (Lipinski definition) is 0. The highest BCUT2D eigenvalue weighted by atomic mass is 79.9. The van der Waals surface area contributed by atoms with E-state index in [4.69, 9.17) is 4.74 Å². The molecular weight excluding hydrogens is 324 g/mol. The Morgan fingerprint density at radius 1 is 1.50 bits per heavy atom. The summed E-state index contributed by atoms with van der Waals surface area (Å²) in [4.78, 5) is 12.8. The van der Waals surface area contributed by atoms with Crippen molar-refractivity contribution in [2.75, 3.05) is 25.1 Å². The van der Waals surface area contributed by atoms with Gasteiger partial charge in [0.05, 0.1) is 11.0 Å². The Balaban J connectivity index is 2.15. The summed E-state index contributed by atoms with van der Waals surface area (Å²) in [6, 6.07) is 5.36. The topological polar surface area (TPSA) is 55.6 Å². The predicted octanol–water partition coefficient (Wildman–Crippen LogP) is 3.50. The van der Waals surface area contributed by atoms with E-state index in [1.54, 1.807) is 6.07 Å². The molecular formula is C14H19BrN2O3. The average Bonchev–Trinajstić information content (AvgIpc) is 2.47. The molecule has 1 aromatic carbocycles. The Kier molecular flexibility index (Phi) is 5.37. The van der Waals surface area contributed by atoms with Crippen LogP contribution in [0.1, 0.15) is 24.8 Å². The maximum Gasteiger partial charge on any atom is 0.292 e. The van der Waals surface area contributed by atoms with Crippen molar-refractivity contribution in [3.63, 3.8) is 0 Å². The number of alkyl halides is 1. The lowest BCUT2D eigenvalue weighted by atomic mass is 10.1. The highest BCUT2D eigenvalue weighted by molar-refractivity contribution is 9.08. The number of nitro groups is 1. The van der Waals surface area contributed by atoms with Gasteiger partial charge in [0.25, 0.3) is 5.69 Å². The average molecular weight is 343 g/mol. The first-order valence-corrected chi connectivity index (χ1v) is 7.90. The molecule has 0 aromatic heterocycles. The lowest BCUT2D eigenvalue weighted by Gasteiger charge is -2.28. The van der Waals surface area contributed by atoms with E-state index in [0.29, 0.717) is 17.6 Å². The van der Waals surface area contributed by atoms with E-state index < -0.39 is 0 Å². The summed E-state index contributed by atoms with van der Waals surface area (Å²) in [6.07, 6.45) is 3.48. The third-order valence-corrected chi connectivity index (χ3v) is 4.20. The van der Waals surface area contributed by atoms with Gasteiger partial charge in [0.15, 0.2) is 0 Å². The molecule has 2 rings (SSSR count). The second kappa shape index (κ2) is 7.04. The summed E-state index contributed by atoms with van der Waals surface area (Å²) < 4.78 is 5.70. The minimum atomic E-state index is -0.320. The first-order chi connectivity index (χ1) is 9.61. The van der Waals surface area contributed by atoms with Crippen LogP contribution in [0.5, 0.6) is 0 Å². The number of benzene rings is 1. The van der Waals surface area contributed by atoms with Crippen molar-refractivity contribution in [1.29, 1.82) is 0 Å². The second-order valence-electron chi connectivity index (χ2n) is 5.08. The Hall–Kier alpha value is -1.14. The lowest BCUT2D eigenvalue weighted by Crippen LogP contribution is -2.33. The monoisotopic (exact) mass is 342 g/mol. The molecule has 0 amide bonds. The third kappa shape index (κ3) is 3.70.